The van der Waals surface area contributed by atoms with Gasteiger partial charge in [-0.05, 0) is 29.5 Å². The number of nitrogens with zero attached hydrogens (tertiary/aromatic N) is 3. The smallest absolute Gasteiger partial charge is 0.140 e. The zero-order valence-electron chi connectivity index (χ0n) is 12.5. The van der Waals surface area contributed by atoms with Crippen LogP contribution in [0.25, 0.3) is 11.0 Å². The van der Waals surface area contributed by atoms with Gasteiger partial charge in [0, 0.05) is 30.9 Å². The fraction of sp³-hybridized carbons (Fsp3) is 0.500. The highest BCUT2D eigenvalue weighted by atomic mass is 15.1. The predicted octanol–water partition coefficient (Wildman–Crippen LogP) is 2.73. The second-order valence-corrected chi connectivity index (χ2v) is 6.40. The maximum Gasteiger partial charge on any atom is 0.140 e. The third-order valence-corrected chi connectivity index (χ3v) is 3.76. The zero-order chi connectivity index (χ0) is 14.2. The number of pyridine rings is 1. The summed E-state index contributed by atoms with van der Waals surface area (Å²) in [6.07, 6.45) is 5.16. The lowest BCUT2D eigenvalue weighted by Crippen LogP contribution is -2.32. The van der Waals surface area contributed by atoms with E-state index in [0.717, 1.165) is 37.5 Å². The molecule has 0 aromatic carbocycles. The zero-order valence-corrected chi connectivity index (χ0v) is 12.5. The van der Waals surface area contributed by atoms with Crippen LogP contribution in [0, 0.1) is 0 Å². The lowest BCUT2D eigenvalue weighted by atomic mass is 9.86. The van der Waals surface area contributed by atoms with Crippen LogP contribution < -0.4 is 5.32 Å². The van der Waals surface area contributed by atoms with Gasteiger partial charge in [0.2, 0.25) is 0 Å². The second kappa shape index (κ2) is 4.93. The number of nitrogens with one attached hydrogen (secondary N) is 1. The van der Waals surface area contributed by atoms with Crippen molar-refractivity contribution < 1.29 is 0 Å². The molecule has 4 nitrogen and oxygen atoms in total. The highest BCUT2D eigenvalue weighted by molar-refractivity contribution is 5.86. The first-order chi connectivity index (χ1) is 9.55. The minimum atomic E-state index is 0.133. The molecule has 20 heavy (non-hydrogen) atoms. The maximum absolute atomic E-state index is 4.56. The molecule has 0 unspecified atom stereocenters. The first-order valence-corrected chi connectivity index (χ1v) is 7.27. The van der Waals surface area contributed by atoms with Crippen LogP contribution in [0.1, 0.15) is 32.8 Å². The van der Waals surface area contributed by atoms with Crippen LogP contribution in [0.15, 0.2) is 29.5 Å². The average molecular weight is 270 g/mol. The number of amidine groups is 1. The molecule has 0 bridgehead atoms. The molecule has 0 radical (unpaired) electrons. The van der Waals surface area contributed by atoms with Gasteiger partial charge in [0.25, 0.3) is 0 Å². The summed E-state index contributed by atoms with van der Waals surface area (Å²) in [5.41, 5.74) is 2.53. The monoisotopic (exact) mass is 270 g/mol. The summed E-state index contributed by atoms with van der Waals surface area (Å²) in [7, 11) is 0. The average Bonchev–Trinajstić information content (AvgIpc) is 2.82. The minimum Gasteiger partial charge on any atom is -0.372 e. The predicted molar refractivity (Wildman–Crippen MR) is 83.4 cm³/mol. The first kappa shape index (κ1) is 13.2. The molecule has 1 N–H and O–H groups in total. The van der Waals surface area contributed by atoms with Crippen LogP contribution in [0.4, 0.5) is 0 Å². The third kappa shape index (κ3) is 2.42. The molecule has 106 valence electrons. The molecule has 3 rings (SSSR count). The van der Waals surface area contributed by atoms with Crippen molar-refractivity contribution in [3.8, 4) is 0 Å². The normalized spacial score (nSPS) is 16.1. The summed E-state index contributed by atoms with van der Waals surface area (Å²) < 4.78 is 2.18. The molecule has 1 aliphatic rings. The summed E-state index contributed by atoms with van der Waals surface area (Å²) >= 11 is 0. The van der Waals surface area contributed by atoms with E-state index in [9.17, 15) is 0 Å². The van der Waals surface area contributed by atoms with Gasteiger partial charge in [-0.1, -0.05) is 20.8 Å². The van der Waals surface area contributed by atoms with Crippen molar-refractivity contribution in [3.05, 3.63) is 30.1 Å². The summed E-state index contributed by atoms with van der Waals surface area (Å²) in [4.78, 5) is 9.10. The third-order valence-electron chi connectivity index (χ3n) is 3.76. The van der Waals surface area contributed by atoms with Crippen molar-refractivity contribution in [1.29, 1.82) is 0 Å². The molecule has 0 fully saturated rings. The number of aliphatic imine (C=N–C) groups is 1. The quantitative estimate of drug-likeness (QED) is 0.911. The summed E-state index contributed by atoms with van der Waals surface area (Å²) in [6.45, 7) is 9.47. The number of aromatic nitrogens is 2. The molecule has 4 heteroatoms. The van der Waals surface area contributed by atoms with Gasteiger partial charge in [-0.25, -0.2) is 4.98 Å². The van der Waals surface area contributed by atoms with Crippen LogP contribution in [0.2, 0.25) is 0 Å². The molecule has 0 amide bonds. The molecule has 0 saturated heterocycles. The van der Waals surface area contributed by atoms with Crippen molar-refractivity contribution in [3.63, 3.8) is 0 Å². The summed E-state index contributed by atoms with van der Waals surface area (Å²) in [6, 6.07) is 4.30. The van der Waals surface area contributed by atoms with Gasteiger partial charge < -0.3 is 9.88 Å². The van der Waals surface area contributed by atoms with E-state index in [1.54, 1.807) is 0 Å². The van der Waals surface area contributed by atoms with Crippen molar-refractivity contribution >= 4 is 16.9 Å². The first-order valence-electron chi connectivity index (χ1n) is 7.27. The summed E-state index contributed by atoms with van der Waals surface area (Å²) in [5.74, 6) is 1.07. The Kier molecular flexibility index (Phi) is 3.24. The lowest BCUT2D eigenvalue weighted by molar-refractivity contribution is 0.595. The highest BCUT2D eigenvalue weighted by Gasteiger charge is 2.18. The van der Waals surface area contributed by atoms with Gasteiger partial charge in [-0.3, -0.25) is 4.99 Å². The second-order valence-electron chi connectivity index (χ2n) is 6.40. The molecule has 0 saturated carbocycles. The fourth-order valence-electron chi connectivity index (χ4n) is 2.72. The molecule has 0 spiro atoms. The van der Waals surface area contributed by atoms with Crippen molar-refractivity contribution in [2.24, 2.45) is 4.99 Å². The Labute approximate surface area is 119 Å². The molecule has 3 heterocycles. The van der Waals surface area contributed by atoms with Gasteiger partial charge in [0.05, 0.1) is 6.54 Å². The largest absolute Gasteiger partial charge is 0.372 e. The van der Waals surface area contributed by atoms with Crippen LogP contribution in [-0.4, -0.2) is 28.5 Å². The van der Waals surface area contributed by atoms with E-state index in [1.807, 2.05) is 6.20 Å². The number of hydrogen-bond donors (Lipinski definition) is 1. The van der Waals surface area contributed by atoms with Crippen molar-refractivity contribution in [2.45, 2.75) is 39.2 Å². The standard InChI is InChI=1S/C16H22N4/c1-16(2,3)13-5-9-19-15-12(13)6-10-20(15)11-14-17-7-4-8-18-14/h5-6,9-10H,4,7-8,11H2,1-3H3,(H,17,18). The molecule has 1 aliphatic heterocycles. The molecule has 0 aliphatic carbocycles. The Morgan fingerprint density at radius 3 is 2.85 bits per heavy atom. The number of fused-ring (bicyclic) bond motifs is 1. The minimum absolute atomic E-state index is 0.133. The van der Waals surface area contributed by atoms with E-state index in [4.69, 9.17) is 0 Å². The van der Waals surface area contributed by atoms with Crippen LogP contribution in [0.3, 0.4) is 0 Å². The van der Waals surface area contributed by atoms with E-state index in [2.05, 4.69) is 59.0 Å². The van der Waals surface area contributed by atoms with E-state index >= 15 is 0 Å². The molecular formula is C16H22N4. The summed E-state index contributed by atoms with van der Waals surface area (Å²) in [5, 5.41) is 4.61. The molecule has 2 aromatic rings. The number of hydrogen-bond acceptors (Lipinski definition) is 3. The Bertz CT molecular complexity index is 646. The van der Waals surface area contributed by atoms with Gasteiger partial charge in [-0.2, -0.15) is 0 Å². The van der Waals surface area contributed by atoms with Gasteiger partial charge in [0.1, 0.15) is 11.5 Å². The molecule has 0 atom stereocenters. The molecule has 2 aromatic heterocycles. The van der Waals surface area contributed by atoms with Crippen LogP contribution >= 0.6 is 0 Å². The number of rotatable bonds is 2. The van der Waals surface area contributed by atoms with Gasteiger partial charge >= 0.3 is 0 Å². The maximum atomic E-state index is 4.56. The van der Waals surface area contributed by atoms with Gasteiger partial charge in [0.15, 0.2) is 0 Å². The van der Waals surface area contributed by atoms with Crippen molar-refractivity contribution in [1.82, 2.24) is 14.9 Å². The fourth-order valence-corrected chi connectivity index (χ4v) is 2.72. The Morgan fingerprint density at radius 1 is 1.30 bits per heavy atom. The molecular weight excluding hydrogens is 248 g/mol. The van der Waals surface area contributed by atoms with E-state index in [0.29, 0.717) is 0 Å². The lowest BCUT2D eigenvalue weighted by Gasteiger charge is -2.20. The Balaban J connectivity index is 1.99. The van der Waals surface area contributed by atoms with Gasteiger partial charge in [-0.15, -0.1) is 0 Å². The van der Waals surface area contributed by atoms with Crippen LogP contribution in [0.5, 0.6) is 0 Å². The van der Waals surface area contributed by atoms with Crippen LogP contribution in [-0.2, 0) is 12.0 Å². The Morgan fingerprint density at radius 2 is 2.15 bits per heavy atom. The Hall–Kier alpha value is -1.84. The van der Waals surface area contributed by atoms with E-state index in [-0.39, 0.29) is 5.41 Å². The van der Waals surface area contributed by atoms with E-state index in [1.165, 1.54) is 10.9 Å². The van der Waals surface area contributed by atoms with Crippen molar-refractivity contribution in [2.75, 3.05) is 13.1 Å². The highest BCUT2D eigenvalue weighted by Crippen LogP contribution is 2.29. The van der Waals surface area contributed by atoms with E-state index < -0.39 is 0 Å². The topological polar surface area (TPSA) is 42.2 Å². The SMILES string of the molecule is CC(C)(C)c1ccnc2c1ccn2CC1=NCCCN1.